The molecule has 0 bridgehead atoms. The van der Waals surface area contributed by atoms with E-state index in [4.69, 9.17) is 18.0 Å². The second kappa shape index (κ2) is 5.22. The molecular weight excluding hydrogens is 274 g/mol. The van der Waals surface area contributed by atoms with Gasteiger partial charge in [0.1, 0.15) is 4.90 Å². The molecule has 0 unspecified atom stereocenters. The van der Waals surface area contributed by atoms with E-state index in [-0.39, 0.29) is 16.7 Å². The molecule has 0 aliphatic heterocycles. The van der Waals surface area contributed by atoms with Gasteiger partial charge in [-0.3, -0.25) is 0 Å². The Bertz CT molecular complexity index is 561. The monoisotopic (exact) mass is 285 g/mol. The highest BCUT2D eigenvalue weighted by atomic mass is 35.5. The quantitative estimate of drug-likeness (QED) is 0.602. The maximum atomic E-state index is 12.3. The van der Waals surface area contributed by atoms with Gasteiger partial charge in [-0.25, -0.2) is 18.4 Å². The minimum atomic E-state index is -3.63. The maximum absolute atomic E-state index is 12.3. The lowest BCUT2D eigenvalue weighted by Crippen LogP contribution is -2.33. The Balaban J connectivity index is 2.26. The van der Waals surface area contributed by atoms with E-state index in [1.54, 1.807) is 0 Å². The molecule has 0 radical (unpaired) electrons. The first-order valence-corrected chi connectivity index (χ1v) is 7.27. The first-order chi connectivity index (χ1) is 8.54. The standard InChI is InChI=1S/C11H12ClN3O2S/c1-2-5-15(8-9-3-4-9)18(16,17)10-6-13-11(12)14-7-10/h1,6-7,9H,3-5,8H2. The number of nitrogens with zero attached hydrogens (tertiary/aromatic N) is 3. The van der Waals surface area contributed by atoms with Crippen LogP contribution in [0.1, 0.15) is 12.8 Å². The van der Waals surface area contributed by atoms with Crippen molar-refractivity contribution >= 4 is 21.6 Å². The number of rotatable bonds is 5. The molecule has 0 atom stereocenters. The molecule has 1 fully saturated rings. The zero-order valence-electron chi connectivity index (χ0n) is 9.58. The predicted octanol–water partition coefficient (Wildman–Crippen LogP) is 1.16. The van der Waals surface area contributed by atoms with Gasteiger partial charge in [0.2, 0.25) is 15.3 Å². The highest BCUT2D eigenvalue weighted by Crippen LogP contribution is 2.31. The molecule has 1 heterocycles. The molecule has 0 saturated heterocycles. The summed E-state index contributed by atoms with van der Waals surface area (Å²) in [6.07, 6.45) is 9.71. The van der Waals surface area contributed by atoms with Gasteiger partial charge in [0.25, 0.3) is 0 Å². The van der Waals surface area contributed by atoms with Gasteiger partial charge in [0.05, 0.1) is 18.9 Å². The SMILES string of the molecule is C#CCN(CC1CC1)S(=O)(=O)c1cnc(Cl)nc1. The molecule has 1 aromatic rings. The van der Waals surface area contributed by atoms with Gasteiger partial charge in [-0.1, -0.05) is 5.92 Å². The summed E-state index contributed by atoms with van der Waals surface area (Å²) >= 11 is 5.53. The van der Waals surface area contributed by atoms with E-state index < -0.39 is 10.0 Å². The number of terminal acetylenes is 1. The van der Waals surface area contributed by atoms with Crippen LogP contribution in [0.3, 0.4) is 0 Å². The van der Waals surface area contributed by atoms with E-state index in [9.17, 15) is 8.42 Å². The molecule has 0 N–H and O–H groups in total. The lowest BCUT2D eigenvalue weighted by atomic mass is 10.4. The molecule has 18 heavy (non-hydrogen) atoms. The minimum Gasteiger partial charge on any atom is -0.225 e. The van der Waals surface area contributed by atoms with Crippen molar-refractivity contribution in [1.29, 1.82) is 0 Å². The Morgan fingerprint density at radius 3 is 2.56 bits per heavy atom. The second-order valence-corrected chi connectivity index (χ2v) is 6.41. The molecule has 0 amide bonds. The van der Waals surface area contributed by atoms with E-state index in [1.807, 2.05) is 0 Å². The Kier molecular flexibility index (Phi) is 3.85. The van der Waals surface area contributed by atoms with Gasteiger partial charge in [-0.2, -0.15) is 4.31 Å². The van der Waals surface area contributed by atoms with E-state index in [0.29, 0.717) is 12.5 Å². The minimum absolute atomic E-state index is 0.0136. The topological polar surface area (TPSA) is 63.2 Å². The first kappa shape index (κ1) is 13.3. The lowest BCUT2D eigenvalue weighted by Gasteiger charge is -2.19. The zero-order valence-corrected chi connectivity index (χ0v) is 11.2. The highest BCUT2D eigenvalue weighted by Gasteiger charge is 2.31. The van der Waals surface area contributed by atoms with Crippen LogP contribution in [0.25, 0.3) is 0 Å². The van der Waals surface area contributed by atoms with Gasteiger partial charge in [0, 0.05) is 6.54 Å². The normalized spacial score (nSPS) is 15.6. The third kappa shape index (κ3) is 2.99. The van der Waals surface area contributed by atoms with E-state index in [0.717, 1.165) is 12.8 Å². The summed E-state index contributed by atoms with van der Waals surface area (Å²) in [6.45, 7) is 0.511. The van der Waals surface area contributed by atoms with Crippen LogP contribution >= 0.6 is 11.6 Å². The zero-order chi connectivity index (χ0) is 13.2. The maximum Gasteiger partial charge on any atom is 0.247 e. The van der Waals surface area contributed by atoms with Crippen molar-refractivity contribution in [2.24, 2.45) is 5.92 Å². The van der Waals surface area contributed by atoms with Crippen molar-refractivity contribution in [3.05, 3.63) is 17.7 Å². The van der Waals surface area contributed by atoms with E-state index >= 15 is 0 Å². The number of hydrogen-bond donors (Lipinski definition) is 0. The second-order valence-electron chi connectivity index (χ2n) is 4.13. The lowest BCUT2D eigenvalue weighted by molar-refractivity contribution is 0.429. The summed E-state index contributed by atoms with van der Waals surface area (Å²) in [7, 11) is -3.63. The fraction of sp³-hybridized carbons (Fsp3) is 0.455. The molecule has 1 aromatic heterocycles. The van der Waals surface area contributed by atoms with Crippen LogP contribution in [0.4, 0.5) is 0 Å². The molecule has 2 rings (SSSR count). The molecule has 96 valence electrons. The fourth-order valence-electron chi connectivity index (χ4n) is 1.52. The summed E-state index contributed by atoms with van der Waals surface area (Å²) in [5.74, 6) is 2.79. The van der Waals surface area contributed by atoms with E-state index in [1.165, 1.54) is 16.7 Å². The summed E-state index contributed by atoms with van der Waals surface area (Å²) in [6, 6.07) is 0. The number of hydrogen-bond acceptors (Lipinski definition) is 4. The third-order valence-electron chi connectivity index (χ3n) is 2.66. The van der Waals surface area contributed by atoms with Gasteiger partial charge in [-0.05, 0) is 30.4 Å². The van der Waals surface area contributed by atoms with Crippen molar-refractivity contribution < 1.29 is 8.42 Å². The number of sulfonamides is 1. The number of aromatic nitrogens is 2. The Morgan fingerprint density at radius 2 is 2.06 bits per heavy atom. The smallest absolute Gasteiger partial charge is 0.225 e. The van der Waals surface area contributed by atoms with Crippen molar-refractivity contribution in [1.82, 2.24) is 14.3 Å². The van der Waals surface area contributed by atoms with E-state index in [2.05, 4.69) is 15.9 Å². The van der Waals surface area contributed by atoms with Crippen LogP contribution in [0.5, 0.6) is 0 Å². The van der Waals surface area contributed by atoms with Crippen LogP contribution in [0.15, 0.2) is 17.3 Å². The average molecular weight is 286 g/mol. The van der Waals surface area contributed by atoms with Crippen LogP contribution in [-0.2, 0) is 10.0 Å². The summed E-state index contributed by atoms with van der Waals surface area (Å²) in [4.78, 5) is 7.38. The summed E-state index contributed by atoms with van der Waals surface area (Å²) in [5.41, 5.74) is 0. The Labute approximate surface area is 111 Å². The first-order valence-electron chi connectivity index (χ1n) is 5.45. The number of halogens is 1. The van der Waals surface area contributed by atoms with Crippen molar-refractivity contribution in [2.75, 3.05) is 13.1 Å². The van der Waals surface area contributed by atoms with Gasteiger partial charge in [-0.15, -0.1) is 6.42 Å². The molecule has 1 aliphatic carbocycles. The Morgan fingerprint density at radius 1 is 1.44 bits per heavy atom. The van der Waals surface area contributed by atoms with Crippen molar-refractivity contribution in [3.8, 4) is 12.3 Å². The molecule has 1 saturated carbocycles. The highest BCUT2D eigenvalue weighted by molar-refractivity contribution is 7.89. The molecular formula is C11H12ClN3O2S. The summed E-state index contributed by atoms with van der Waals surface area (Å²) in [5, 5.41) is 0.0136. The van der Waals surface area contributed by atoms with Crippen LogP contribution < -0.4 is 0 Å². The third-order valence-corrected chi connectivity index (χ3v) is 4.62. The van der Waals surface area contributed by atoms with Gasteiger partial charge >= 0.3 is 0 Å². The van der Waals surface area contributed by atoms with Crippen LogP contribution in [-0.4, -0.2) is 35.8 Å². The van der Waals surface area contributed by atoms with Gasteiger partial charge < -0.3 is 0 Å². The summed E-state index contributed by atoms with van der Waals surface area (Å²) < 4.78 is 25.9. The van der Waals surface area contributed by atoms with Crippen LogP contribution in [0, 0.1) is 18.3 Å². The van der Waals surface area contributed by atoms with Crippen molar-refractivity contribution in [3.63, 3.8) is 0 Å². The molecule has 1 aliphatic rings. The van der Waals surface area contributed by atoms with Crippen molar-refractivity contribution in [2.45, 2.75) is 17.7 Å². The molecule has 0 aromatic carbocycles. The largest absolute Gasteiger partial charge is 0.247 e. The van der Waals surface area contributed by atoms with Crippen LogP contribution in [0.2, 0.25) is 5.28 Å². The average Bonchev–Trinajstić information content (AvgIpc) is 3.13. The van der Waals surface area contributed by atoms with Gasteiger partial charge in [0.15, 0.2) is 0 Å². The molecule has 7 heteroatoms. The fourth-order valence-corrected chi connectivity index (χ4v) is 2.94. The molecule has 5 nitrogen and oxygen atoms in total. The molecule has 0 spiro atoms. The predicted molar refractivity (Wildman–Crippen MR) is 67.4 cm³/mol. The Hall–Kier alpha value is -1.16.